The molecule has 0 spiro atoms. The molecule has 2 aromatic carbocycles. The van der Waals surface area contributed by atoms with Crippen LogP contribution in [0.5, 0.6) is 0 Å². The highest BCUT2D eigenvalue weighted by atomic mass is 32.2. The molecule has 1 fully saturated rings. The number of amides is 1. The number of rotatable bonds is 7. The van der Waals surface area contributed by atoms with Gasteiger partial charge in [-0.15, -0.1) is 21.5 Å². The van der Waals surface area contributed by atoms with Crippen LogP contribution in [0.15, 0.2) is 77.3 Å². The lowest BCUT2D eigenvalue weighted by Gasteiger charge is -2.36. The van der Waals surface area contributed by atoms with Gasteiger partial charge in [0.2, 0.25) is 5.91 Å². The van der Waals surface area contributed by atoms with Gasteiger partial charge in [-0.25, -0.2) is 4.39 Å². The first-order chi connectivity index (χ1) is 16.7. The van der Waals surface area contributed by atoms with E-state index in [1.54, 1.807) is 23.5 Å². The van der Waals surface area contributed by atoms with Gasteiger partial charge >= 0.3 is 0 Å². The Labute approximate surface area is 206 Å². The number of nitrogens with zero attached hydrogens (tertiary/aromatic N) is 5. The molecule has 0 radical (unpaired) electrons. The fraction of sp³-hybridized carbons (Fsp3) is 0.240. The van der Waals surface area contributed by atoms with Crippen LogP contribution in [-0.4, -0.2) is 57.5 Å². The minimum atomic E-state index is -0.239. The van der Waals surface area contributed by atoms with Crippen LogP contribution in [0.25, 0.3) is 10.7 Å². The lowest BCUT2D eigenvalue weighted by atomic mass is 10.2. The summed E-state index contributed by atoms with van der Waals surface area (Å²) in [5, 5.41) is 11.6. The van der Waals surface area contributed by atoms with Gasteiger partial charge in [0.1, 0.15) is 5.82 Å². The van der Waals surface area contributed by atoms with Gasteiger partial charge in [0.25, 0.3) is 0 Å². The van der Waals surface area contributed by atoms with Crippen molar-refractivity contribution in [1.29, 1.82) is 0 Å². The maximum Gasteiger partial charge on any atom is 0.233 e. The molecule has 0 aliphatic carbocycles. The van der Waals surface area contributed by atoms with E-state index in [1.165, 1.54) is 23.9 Å². The van der Waals surface area contributed by atoms with E-state index in [0.29, 0.717) is 25.4 Å². The van der Waals surface area contributed by atoms with Gasteiger partial charge in [0.05, 0.1) is 17.2 Å². The first-order valence-corrected chi connectivity index (χ1v) is 13.0. The number of thioether (sulfide) groups is 1. The van der Waals surface area contributed by atoms with E-state index in [0.717, 1.165) is 40.2 Å². The predicted molar refractivity (Wildman–Crippen MR) is 135 cm³/mol. The second-order valence-electron chi connectivity index (χ2n) is 7.99. The predicted octanol–water partition coefficient (Wildman–Crippen LogP) is 4.63. The molecule has 0 saturated carbocycles. The molecule has 5 rings (SSSR count). The van der Waals surface area contributed by atoms with E-state index >= 15 is 0 Å². The Balaban J connectivity index is 1.23. The van der Waals surface area contributed by atoms with Crippen molar-refractivity contribution in [3.8, 4) is 10.7 Å². The maximum atomic E-state index is 13.2. The fourth-order valence-corrected chi connectivity index (χ4v) is 5.53. The van der Waals surface area contributed by atoms with Gasteiger partial charge in [0, 0.05) is 31.9 Å². The third-order valence-corrected chi connectivity index (χ3v) is 7.61. The van der Waals surface area contributed by atoms with Crippen molar-refractivity contribution in [2.24, 2.45) is 0 Å². The van der Waals surface area contributed by atoms with Gasteiger partial charge in [-0.1, -0.05) is 48.2 Å². The van der Waals surface area contributed by atoms with Crippen LogP contribution in [0.2, 0.25) is 0 Å². The van der Waals surface area contributed by atoms with Crippen molar-refractivity contribution in [2.75, 3.05) is 36.8 Å². The first-order valence-electron chi connectivity index (χ1n) is 11.1. The molecule has 0 unspecified atom stereocenters. The van der Waals surface area contributed by atoms with Crippen LogP contribution in [0, 0.1) is 5.82 Å². The molecule has 1 amide bonds. The van der Waals surface area contributed by atoms with E-state index in [4.69, 9.17) is 0 Å². The zero-order valence-electron chi connectivity index (χ0n) is 18.5. The standard InChI is InChI=1S/C25H24FN5OS2/c26-20-8-10-21(11-9-20)29-12-14-30(15-13-29)23(32)18-34-25-28-27-24(22-7-4-16-33-22)31(25)17-19-5-2-1-3-6-19/h1-11,16H,12-15,17-18H2. The summed E-state index contributed by atoms with van der Waals surface area (Å²) in [6.07, 6.45) is 0. The van der Waals surface area contributed by atoms with Gasteiger partial charge in [-0.2, -0.15) is 0 Å². The Bertz CT molecular complexity index is 1220. The molecular formula is C25H24FN5OS2. The van der Waals surface area contributed by atoms with E-state index in [9.17, 15) is 9.18 Å². The van der Waals surface area contributed by atoms with Crippen molar-refractivity contribution in [3.63, 3.8) is 0 Å². The Morgan fingerprint density at radius 1 is 0.941 bits per heavy atom. The highest BCUT2D eigenvalue weighted by Crippen LogP contribution is 2.28. The molecule has 0 bridgehead atoms. The molecule has 1 aliphatic rings. The second-order valence-corrected chi connectivity index (χ2v) is 9.88. The number of thiophene rings is 1. The topological polar surface area (TPSA) is 54.3 Å². The van der Waals surface area contributed by atoms with Crippen LogP contribution in [-0.2, 0) is 11.3 Å². The first kappa shape index (κ1) is 22.6. The number of carbonyl (C=O) groups excluding carboxylic acids is 1. The molecular weight excluding hydrogens is 469 g/mol. The monoisotopic (exact) mass is 493 g/mol. The van der Waals surface area contributed by atoms with E-state index in [-0.39, 0.29) is 11.7 Å². The highest BCUT2D eigenvalue weighted by molar-refractivity contribution is 7.99. The summed E-state index contributed by atoms with van der Waals surface area (Å²) in [6.45, 7) is 3.40. The molecule has 3 heterocycles. The second kappa shape index (κ2) is 10.4. The summed E-state index contributed by atoms with van der Waals surface area (Å²) in [5.74, 6) is 0.989. The van der Waals surface area contributed by atoms with E-state index in [2.05, 4.69) is 31.8 Å². The maximum absolute atomic E-state index is 13.2. The molecule has 1 saturated heterocycles. The van der Waals surface area contributed by atoms with Crippen LogP contribution in [0.1, 0.15) is 5.56 Å². The summed E-state index contributed by atoms with van der Waals surface area (Å²) in [4.78, 5) is 18.1. The largest absolute Gasteiger partial charge is 0.368 e. The molecule has 0 atom stereocenters. The minimum absolute atomic E-state index is 0.0932. The van der Waals surface area contributed by atoms with Crippen molar-refractivity contribution >= 4 is 34.7 Å². The Kier molecular flexibility index (Phi) is 6.92. The van der Waals surface area contributed by atoms with Gasteiger partial charge < -0.3 is 9.80 Å². The number of aromatic nitrogens is 3. The summed E-state index contributed by atoms with van der Waals surface area (Å²) < 4.78 is 15.3. The number of hydrogen-bond acceptors (Lipinski definition) is 6. The lowest BCUT2D eigenvalue weighted by Crippen LogP contribution is -2.49. The number of carbonyl (C=O) groups is 1. The minimum Gasteiger partial charge on any atom is -0.368 e. The number of benzene rings is 2. The molecule has 174 valence electrons. The molecule has 1 aliphatic heterocycles. The van der Waals surface area contributed by atoms with Crippen LogP contribution >= 0.6 is 23.1 Å². The molecule has 2 aromatic heterocycles. The lowest BCUT2D eigenvalue weighted by molar-refractivity contribution is -0.128. The van der Waals surface area contributed by atoms with Crippen molar-refractivity contribution < 1.29 is 9.18 Å². The molecule has 6 nitrogen and oxygen atoms in total. The molecule has 34 heavy (non-hydrogen) atoms. The number of anilines is 1. The van der Waals surface area contributed by atoms with Gasteiger partial charge in [-0.05, 0) is 41.3 Å². The zero-order chi connectivity index (χ0) is 23.3. The number of halogens is 1. The summed E-state index contributed by atoms with van der Waals surface area (Å²) in [6, 6.07) is 20.8. The molecule has 4 aromatic rings. The zero-order valence-corrected chi connectivity index (χ0v) is 20.1. The quantitative estimate of drug-likeness (QED) is 0.351. The van der Waals surface area contributed by atoms with Crippen molar-refractivity contribution in [3.05, 3.63) is 83.5 Å². The Hall–Kier alpha value is -3.17. The highest BCUT2D eigenvalue weighted by Gasteiger charge is 2.23. The average Bonchev–Trinajstić information content (AvgIpc) is 3.54. The Morgan fingerprint density at radius 2 is 1.71 bits per heavy atom. The van der Waals surface area contributed by atoms with Gasteiger partial charge in [-0.3, -0.25) is 9.36 Å². The van der Waals surface area contributed by atoms with Crippen LogP contribution < -0.4 is 4.90 Å². The van der Waals surface area contributed by atoms with E-state index in [1.807, 2.05) is 40.6 Å². The summed E-state index contributed by atoms with van der Waals surface area (Å²) in [7, 11) is 0. The van der Waals surface area contributed by atoms with Gasteiger partial charge in [0.15, 0.2) is 11.0 Å². The SMILES string of the molecule is O=C(CSc1nnc(-c2cccs2)n1Cc1ccccc1)N1CCN(c2ccc(F)cc2)CC1. The summed E-state index contributed by atoms with van der Waals surface area (Å²) in [5.41, 5.74) is 2.14. The fourth-order valence-electron chi connectivity index (χ4n) is 3.98. The number of hydrogen-bond donors (Lipinski definition) is 0. The van der Waals surface area contributed by atoms with Crippen LogP contribution in [0.4, 0.5) is 10.1 Å². The Morgan fingerprint density at radius 3 is 2.41 bits per heavy atom. The average molecular weight is 494 g/mol. The number of piperazine rings is 1. The summed E-state index contributed by atoms with van der Waals surface area (Å²) >= 11 is 3.06. The van der Waals surface area contributed by atoms with Crippen molar-refractivity contribution in [1.82, 2.24) is 19.7 Å². The normalized spacial score (nSPS) is 13.9. The third kappa shape index (κ3) is 5.15. The van der Waals surface area contributed by atoms with E-state index < -0.39 is 0 Å². The third-order valence-electron chi connectivity index (χ3n) is 5.79. The molecule has 9 heteroatoms. The molecule has 0 N–H and O–H groups in total. The van der Waals surface area contributed by atoms with Crippen LogP contribution in [0.3, 0.4) is 0 Å². The smallest absolute Gasteiger partial charge is 0.233 e. The van der Waals surface area contributed by atoms with Crippen molar-refractivity contribution in [2.45, 2.75) is 11.7 Å².